The van der Waals surface area contributed by atoms with E-state index >= 15 is 0 Å². The number of aliphatic hydroxyl groups is 1. The normalized spacial score (nSPS) is 18.8. The number of amides is 1. The van der Waals surface area contributed by atoms with Crippen LogP contribution in [0.3, 0.4) is 0 Å². The van der Waals surface area contributed by atoms with Gasteiger partial charge in [-0.3, -0.25) is 4.79 Å². The number of likely N-dealkylation sites (tertiary alicyclic amines) is 2. The van der Waals surface area contributed by atoms with Crippen molar-refractivity contribution in [2.24, 2.45) is 0 Å². The highest BCUT2D eigenvalue weighted by Gasteiger charge is 2.22. The lowest BCUT2D eigenvalue weighted by molar-refractivity contribution is -0.124. The zero-order valence-corrected chi connectivity index (χ0v) is 18.7. The molecule has 2 fully saturated rings. The second-order valence-corrected chi connectivity index (χ2v) is 8.89. The summed E-state index contributed by atoms with van der Waals surface area (Å²) >= 11 is 0. The van der Waals surface area contributed by atoms with Crippen LogP contribution in [0.25, 0.3) is 6.08 Å². The summed E-state index contributed by atoms with van der Waals surface area (Å²) in [6.45, 7) is 4.61. The number of piperidine rings is 1. The minimum absolute atomic E-state index is 0.0697. The molecule has 170 valence electrons. The monoisotopic (exact) mass is 434 g/mol. The number of carbonyl (C=O) groups excluding carboxylic acids is 1. The molecule has 2 aromatic rings. The summed E-state index contributed by atoms with van der Waals surface area (Å²) in [5, 5.41) is 10.5. The van der Waals surface area contributed by atoms with E-state index in [1.165, 1.54) is 5.56 Å². The Morgan fingerprint density at radius 3 is 2.53 bits per heavy atom. The molecule has 32 heavy (non-hydrogen) atoms. The van der Waals surface area contributed by atoms with Crippen molar-refractivity contribution in [1.29, 1.82) is 0 Å². The highest BCUT2D eigenvalue weighted by atomic mass is 16.5. The summed E-state index contributed by atoms with van der Waals surface area (Å²) in [5.41, 5.74) is 2.35. The van der Waals surface area contributed by atoms with Crippen molar-refractivity contribution in [3.63, 3.8) is 0 Å². The molecule has 1 unspecified atom stereocenters. The molecule has 1 N–H and O–H groups in total. The zero-order valence-electron chi connectivity index (χ0n) is 18.7. The summed E-state index contributed by atoms with van der Waals surface area (Å²) in [4.78, 5) is 16.4. The Morgan fingerprint density at radius 2 is 1.78 bits per heavy atom. The fourth-order valence-corrected chi connectivity index (χ4v) is 4.64. The third kappa shape index (κ3) is 6.44. The lowest BCUT2D eigenvalue weighted by Gasteiger charge is -2.33. The second-order valence-electron chi connectivity index (χ2n) is 8.89. The van der Waals surface area contributed by atoms with E-state index in [-0.39, 0.29) is 12.5 Å². The van der Waals surface area contributed by atoms with Gasteiger partial charge in [0.15, 0.2) is 0 Å². The van der Waals surface area contributed by atoms with Gasteiger partial charge in [-0.2, -0.15) is 0 Å². The maximum atomic E-state index is 12.2. The number of hydrogen-bond acceptors (Lipinski definition) is 4. The molecule has 2 aromatic carbocycles. The van der Waals surface area contributed by atoms with E-state index in [9.17, 15) is 9.90 Å². The molecule has 0 radical (unpaired) electrons. The number of rotatable bonds is 8. The second kappa shape index (κ2) is 11.3. The molecule has 1 amide bonds. The smallest absolute Gasteiger partial charge is 0.246 e. The van der Waals surface area contributed by atoms with Crippen molar-refractivity contribution in [2.45, 2.75) is 37.7 Å². The number of aliphatic hydroxyl groups excluding tert-OH is 1. The van der Waals surface area contributed by atoms with Crippen LogP contribution in [0.2, 0.25) is 0 Å². The Morgan fingerprint density at radius 1 is 1.03 bits per heavy atom. The molecule has 5 nitrogen and oxygen atoms in total. The van der Waals surface area contributed by atoms with Gasteiger partial charge < -0.3 is 19.6 Å². The first-order valence-corrected chi connectivity index (χ1v) is 11.8. The minimum Gasteiger partial charge on any atom is -0.491 e. The SMILES string of the molecule is O=C(C=Cc1cccc(OCC(O)CN2CCC(c3ccccc3)CC2)c1)N1CCCC1. The summed E-state index contributed by atoms with van der Waals surface area (Å²) < 4.78 is 5.84. The third-order valence-corrected chi connectivity index (χ3v) is 6.46. The van der Waals surface area contributed by atoms with Crippen molar-refractivity contribution in [3.05, 3.63) is 71.8 Å². The van der Waals surface area contributed by atoms with Crippen LogP contribution in [0.4, 0.5) is 0 Å². The van der Waals surface area contributed by atoms with Crippen molar-refractivity contribution in [2.75, 3.05) is 39.3 Å². The first-order valence-electron chi connectivity index (χ1n) is 11.8. The van der Waals surface area contributed by atoms with Gasteiger partial charge in [0.1, 0.15) is 18.5 Å². The summed E-state index contributed by atoms with van der Waals surface area (Å²) in [6, 6.07) is 18.4. The molecule has 0 bridgehead atoms. The molecule has 1 atom stereocenters. The molecule has 2 aliphatic heterocycles. The molecular weight excluding hydrogens is 400 g/mol. The summed E-state index contributed by atoms with van der Waals surface area (Å²) in [5.74, 6) is 1.40. The molecule has 5 heteroatoms. The number of hydrogen-bond donors (Lipinski definition) is 1. The first-order chi connectivity index (χ1) is 15.7. The van der Waals surface area contributed by atoms with Crippen molar-refractivity contribution in [3.8, 4) is 5.75 Å². The molecule has 2 aliphatic rings. The van der Waals surface area contributed by atoms with Gasteiger partial charge in [0.05, 0.1) is 0 Å². The quantitative estimate of drug-likeness (QED) is 0.640. The average Bonchev–Trinajstić information content (AvgIpc) is 3.38. The Bertz CT molecular complexity index is 885. The zero-order chi connectivity index (χ0) is 22.2. The molecule has 0 saturated carbocycles. The molecule has 0 aromatic heterocycles. The summed E-state index contributed by atoms with van der Waals surface area (Å²) in [7, 11) is 0. The number of benzene rings is 2. The standard InChI is InChI=1S/C27H34N2O3/c30-25(20-28-17-13-24(14-18-28)23-8-2-1-3-9-23)21-32-26-10-6-7-22(19-26)11-12-27(31)29-15-4-5-16-29/h1-3,6-12,19,24-25,30H,4-5,13-18,20-21H2. The van der Waals surface area contributed by atoms with Crippen LogP contribution >= 0.6 is 0 Å². The van der Waals surface area contributed by atoms with Gasteiger partial charge in [0.25, 0.3) is 0 Å². The van der Waals surface area contributed by atoms with Gasteiger partial charge in [-0.15, -0.1) is 0 Å². The van der Waals surface area contributed by atoms with Crippen LogP contribution in [-0.4, -0.2) is 66.2 Å². The molecule has 0 aliphatic carbocycles. The van der Waals surface area contributed by atoms with Gasteiger partial charge >= 0.3 is 0 Å². The minimum atomic E-state index is -0.529. The Hall–Kier alpha value is -2.63. The summed E-state index contributed by atoms with van der Waals surface area (Å²) in [6.07, 6.45) is 7.38. The molecule has 0 spiro atoms. The Kier molecular flexibility index (Phi) is 7.97. The lowest BCUT2D eigenvalue weighted by Crippen LogP contribution is -2.40. The molecular formula is C27H34N2O3. The predicted molar refractivity (Wildman–Crippen MR) is 128 cm³/mol. The van der Waals surface area contributed by atoms with Crippen molar-refractivity contribution >= 4 is 12.0 Å². The highest BCUT2D eigenvalue weighted by Crippen LogP contribution is 2.27. The topological polar surface area (TPSA) is 53.0 Å². The largest absolute Gasteiger partial charge is 0.491 e. The molecule has 2 saturated heterocycles. The van der Waals surface area contributed by atoms with E-state index in [4.69, 9.17) is 4.74 Å². The van der Waals surface area contributed by atoms with Crippen molar-refractivity contribution < 1.29 is 14.6 Å². The maximum Gasteiger partial charge on any atom is 0.246 e. The van der Waals surface area contributed by atoms with Gasteiger partial charge in [-0.05, 0) is 74.0 Å². The third-order valence-electron chi connectivity index (χ3n) is 6.46. The van der Waals surface area contributed by atoms with Gasteiger partial charge in [-0.25, -0.2) is 0 Å². The van der Waals surface area contributed by atoms with Gasteiger partial charge in [0.2, 0.25) is 5.91 Å². The first kappa shape index (κ1) is 22.6. The number of carbonyl (C=O) groups is 1. The van der Waals surface area contributed by atoms with E-state index in [0.717, 1.165) is 57.4 Å². The highest BCUT2D eigenvalue weighted by molar-refractivity contribution is 5.91. The molecule has 2 heterocycles. The molecule has 4 rings (SSSR count). The lowest BCUT2D eigenvalue weighted by atomic mass is 9.89. The van der Waals surface area contributed by atoms with Crippen LogP contribution in [0.1, 0.15) is 42.7 Å². The van der Waals surface area contributed by atoms with Crippen LogP contribution in [0.5, 0.6) is 5.75 Å². The Balaban J connectivity index is 1.20. The number of ether oxygens (including phenoxy) is 1. The number of nitrogens with zero attached hydrogens (tertiary/aromatic N) is 2. The number of β-amino-alcohol motifs (C(OH)–C–C–N with tert-alkyl or cyclic N) is 1. The van der Waals surface area contributed by atoms with Crippen LogP contribution in [-0.2, 0) is 4.79 Å². The van der Waals surface area contributed by atoms with E-state index in [0.29, 0.717) is 18.2 Å². The van der Waals surface area contributed by atoms with E-state index in [2.05, 4.69) is 35.2 Å². The van der Waals surface area contributed by atoms with Crippen LogP contribution in [0, 0.1) is 0 Å². The van der Waals surface area contributed by atoms with Gasteiger partial charge in [-0.1, -0.05) is 42.5 Å². The maximum absolute atomic E-state index is 12.2. The predicted octanol–water partition coefficient (Wildman–Crippen LogP) is 3.94. The average molecular weight is 435 g/mol. The fraction of sp³-hybridized carbons (Fsp3) is 0.444. The van der Waals surface area contributed by atoms with Crippen LogP contribution < -0.4 is 4.74 Å². The van der Waals surface area contributed by atoms with Gasteiger partial charge in [0, 0.05) is 25.7 Å². The Labute approximate surface area is 191 Å². The van der Waals surface area contributed by atoms with E-state index in [1.807, 2.05) is 35.2 Å². The van der Waals surface area contributed by atoms with Crippen molar-refractivity contribution in [1.82, 2.24) is 9.80 Å². The van der Waals surface area contributed by atoms with Crippen LogP contribution in [0.15, 0.2) is 60.7 Å². The van der Waals surface area contributed by atoms with E-state index < -0.39 is 6.10 Å². The fourth-order valence-electron chi connectivity index (χ4n) is 4.64. The van der Waals surface area contributed by atoms with E-state index in [1.54, 1.807) is 6.08 Å².